The minimum absolute atomic E-state index is 0.0670. The van der Waals surface area contributed by atoms with E-state index >= 15 is 0 Å². The zero-order chi connectivity index (χ0) is 13.2. The van der Waals surface area contributed by atoms with Crippen molar-refractivity contribution in [1.29, 1.82) is 0 Å². The maximum Gasteiger partial charge on any atom is 0.254 e. The van der Waals surface area contributed by atoms with Crippen LogP contribution in [0.3, 0.4) is 0 Å². The van der Waals surface area contributed by atoms with Gasteiger partial charge in [-0.1, -0.05) is 18.3 Å². The molecular weight excluding hydrogens is 258 g/mol. The molecule has 0 unspecified atom stereocenters. The van der Waals surface area contributed by atoms with Crippen molar-refractivity contribution in [2.75, 3.05) is 12.3 Å². The molecule has 1 aromatic rings. The summed E-state index contributed by atoms with van der Waals surface area (Å²) in [6, 6.07) is -0.0670. The first-order valence-corrected chi connectivity index (χ1v) is 7.81. The molecule has 17 heavy (non-hydrogen) atoms. The third-order valence-electron chi connectivity index (χ3n) is 2.33. The average molecular weight is 277 g/mol. The number of nitrogens with two attached hydrogens (primary N) is 1. The van der Waals surface area contributed by atoms with E-state index in [0.717, 1.165) is 17.8 Å². The smallest absolute Gasteiger partial charge is 0.254 e. The zero-order valence-corrected chi connectivity index (χ0v) is 12.2. The van der Waals surface area contributed by atoms with E-state index in [1.807, 2.05) is 20.8 Å². The van der Waals surface area contributed by atoms with Gasteiger partial charge in [0.25, 0.3) is 10.0 Å². The van der Waals surface area contributed by atoms with Gasteiger partial charge in [0.05, 0.1) is 5.69 Å². The molecule has 0 aliphatic rings. The van der Waals surface area contributed by atoms with Crippen molar-refractivity contribution in [2.45, 2.75) is 44.4 Å². The van der Waals surface area contributed by atoms with Gasteiger partial charge in [0, 0.05) is 12.6 Å². The van der Waals surface area contributed by atoms with Crippen molar-refractivity contribution in [1.82, 2.24) is 9.29 Å². The monoisotopic (exact) mass is 277 g/mol. The summed E-state index contributed by atoms with van der Waals surface area (Å²) in [4.78, 5) is 3.97. The van der Waals surface area contributed by atoms with E-state index in [-0.39, 0.29) is 10.3 Å². The first kappa shape index (κ1) is 14.4. The number of sulfonamides is 1. The molecule has 0 fully saturated rings. The average Bonchev–Trinajstić information content (AvgIpc) is 2.54. The maximum absolute atomic E-state index is 12.4. The number of nitrogen functional groups attached to an aromatic ring is 1. The predicted molar refractivity (Wildman–Crippen MR) is 70.6 cm³/mol. The SMILES string of the molecule is CCCN(C(C)C)S(=O)(=O)c1sc(N)nc1C. The Bertz CT molecular complexity index is 480. The van der Waals surface area contributed by atoms with Crippen molar-refractivity contribution >= 4 is 26.5 Å². The normalized spacial score (nSPS) is 12.6. The van der Waals surface area contributed by atoms with Gasteiger partial charge >= 0.3 is 0 Å². The molecular formula is C10H19N3O2S2. The summed E-state index contributed by atoms with van der Waals surface area (Å²) in [7, 11) is -3.46. The fourth-order valence-corrected chi connectivity index (χ4v) is 4.77. The van der Waals surface area contributed by atoms with Gasteiger partial charge in [0.1, 0.15) is 0 Å². The Balaban J connectivity index is 3.21. The lowest BCUT2D eigenvalue weighted by molar-refractivity contribution is 0.355. The first-order chi connectivity index (χ1) is 7.80. The Labute approximate surface area is 107 Å². The topological polar surface area (TPSA) is 76.3 Å². The molecule has 0 aromatic carbocycles. The van der Waals surface area contributed by atoms with Crippen molar-refractivity contribution < 1.29 is 8.42 Å². The van der Waals surface area contributed by atoms with Crippen LogP contribution < -0.4 is 5.73 Å². The van der Waals surface area contributed by atoms with Crippen LogP contribution in [0.4, 0.5) is 5.13 Å². The van der Waals surface area contributed by atoms with E-state index in [4.69, 9.17) is 5.73 Å². The zero-order valence-electron chi connectivity index (χ0n) is 10.6. The van der Waals surface area contributed by atoms with Crippen LogP contribution in [0.2, 0.25) is 0 Å². The highest BCUT2D eigenvalue weighted by Crippen LogP contribution is 2.29. The van der Waals surface area contributed by atoms with E-state index in [9.17, 15) is 8.42 Å². The number of hydrogen-bond donors (Lipinski definition) is 1. The second kappa shape index (κ2) is 5.32. The minimum atomic E-state index is -3.46. The van der Waals surface area contributed by atoms with Gasteiger partial charge in [-0.15, -0.1) is 0 Å². The Kier molecular flexibility index (Phi) is 4.51. The molecule has 0 aliphatic heterocycles. The van der Waals surface area contributed by atoms with Crippen LogP contribution in [0, 0.1) is 6.92 Å². The van der Waals surface area contributed by atoms with Crippen LogP contribution in [-0.4, -0.2) is 30.3 Å². The molecule has 0 bridgehead atoms. The van der Waals surface area contributed by atoms with Gasteiger partial charge in [-0.2, -0.15) is 4.31 Å². The number of rotatable bonds is 5. The largest absolute Gasteiger partial charge is 0.375 e. The van der Waals surface area contributed by atoms with E-state index < -0.39 is 10.0 Å². The van der Waals surface area contributed by atoms with Gasteiger partial charge in [-0.25, -0.2) is 13.4 Å². The first-order valence-electron chi connectivity index (χ1n) is 5.55. The molecule has 5 nitrogen and oxygen atoms in total. The van der Waals surface area contributed by atoms with Crippen LogP contribution in [-0.2, 0) is 10.0 Å². The minimum Gasteiger partial charge on any atom is -0.375 e. The van der Waals surface area contributed by atoms with Crippen molar-refractivity contribution in [3.05, 3.63) is 5.69 Å². The summed E-state index contributed by atoms with van der Waals surface area (Å²) in [5.74, 6) is 0. The molecule has 0 atom stereocenters. The van der Waals surface area contributed by atoms with Gasteiger partial charge in [0.2, 0.25) is 0 Å². The summed E-state index contributed by atoms with van der Waals surface area (Å²) in [5.41, 5.74) is 6.03. The number of aryl methyl sites for hydroxylation is 1. The molecule has 0 amide bonds. The summed E-state index contributed by atoms with van der Waals surface area (Å²) >= 11 is 1.03. The number of aromatic nitrogens is 1. The fraction of sp³-hybridized carbons (Fsp3) is 0.700. The molecule has 0 spiro atoms. The van der Waals surface area contributed by atoms with Crippen molar-refractivity contribution in [3.63, 3.8) is 0 Å². The Morgan fingerprint density at radius 3 is 2.41 bits per heavy atom. The predicted octanol–water partition coefficient (Wildman–Crippen LogP) is 1.84. The molecule has 1 rings (SSSR count). The number of nitrogens with zero attached hydrogens (tertiary/aromatic N) is 2. The standard InChI is InChI=1S/C10H19N3O2S2/c1-5-6-13(7(2)3)17(14,15)9-8(4)12-10(11)16-9/h7H,5-6H2,1-4H3,(H2,11,12). The lowest BCUT2D eigenvalue weighted by atomic mass is 10.4. The third kappa shape index (κ3) is 2.97. The summed E-state index contributed by atoms with van der Waals surface area (Å²) in [6.07, 6.45) is 0.782. The molecule has 0 radical (unpaired) electrons. The fourth-order valence-electron chi connectivity index (χ4n) is 1.62. The highest BCUT2D eigenvalue weighted by molar-refractivity contribution is 7.91. The Hall–Kier alpha value is -0.660. The van der Waals surface area contributed by atoms with Crippen LogP contribution in [0.5, 0.6) is 0 Å². The molecule has 98 valence electrons. The van der Waals surface area contributed by atoms with Gasteiger partial charge in [-0.3, -0.25) is 0 Å². The lowest BCUT2D eigenvalue weighted by Crippen LogP contribution is -2.37. The van der Waals surface area contributed by atoms with E-state index in [1.54, 1.807) is 6.92 Å². The highest BCUT2D eigenvalue weighted by Gasteiger charge is 2.30. The van der Waals surface area contributed by atoms with Crippen LogP contribution >= 0.6 is 11.3 Å². The second-order valence-corrected chi connectivity index (χ2v) is 7.25. The third-order valence-corrected chi connectivity index (χ3v) is 5.98. The van der Waals surface area contributed by atoms with Crippen LogP contribution in [0.15, 0.2) is 4.21 Å². The van der Waals surface area contributed by atoms with Gasteiger partial charge in [-0.05, 0) is 27.2 Å². The lowest BCUT2D eigenvalue weighted by Gasteiger charge is -2.24. The molecule has 1 aromatic heterocycles. The molecule has 0 saturated carbocycles. The summed E-state index contributed by atoms with van der Waals surface area (Å²) in [6.45, 7) is 7.88. The van der Waals surface area contributed by atoms with Crippen molar-refractivity contribution in [3.8, 4) is 0 Å². The number of thiazole rings is 1. The van der Waals surface area contributed by atoms with Gasteiger partial charge in [0.15, 0.2) is 9.34 Å². The summed E-state index contributed by atoms with van der Waals surface area (Å²) < 4.78 is 26.6. The summed E-state index contributed by atoms with van der Waals surface area (Å²) in [5, 5.41) is 0.293. The van der Waals surface area contributed by atoms with Gasteiger partial charge < -0.3 is 5.73 Å². The quantitative estimate of drug-likeness (QED) is 0.891. The maximum atomic E-state index is 12.4. The molecule has 1 heterocycles. The van der Waals surface area contributed by atoms with E-state index in [2.05, 4.69) is 4.98 Å². The Morgan fingerprint density at radius 1 is 1.47 bits per heavy atom. The Morgan fingerprint density at radius 2 is 2.06 bits per heavy atom. The second-order valence-electron chi connectivity index (χ2n) is 4.13. The molecule has 0 saturated heterocycles. The van der Waals surface area contributed by atoms with E-state index in [0.29, 0.717) is 17.4 Å². The number of hydrogen-bond acceptors (Lipinski definition) is 5. The van der Waals surface area contributed by atoms with E-state index in [1.165, 1.54) is 4.31 Å². The highest BCUT2D eigenvalue weighted by atomic mass is 32.2. The number of anilines is 1. The van der Waals surface area contributed by atoms with Crippen LogP contribution in [0.1, 0.15) is 32.9 Å². The molecule has 0 aliphatic carbocycles. The molecule has 2 N–H and O–H groups in total. The molecule has 7 heteroatoms. The van der Waals surface area contributed by atoms with Crippen molar-refractivity contribution in [2.24, 2.45) is 0 Å². The van der Waals surface area contributed by atoms with Crippen LogP contribution in [0.25, 0.3) is 0 Å².